The molecule has 0 fully saturated rings. The molecule has 3 nitrogen and oxygen atoms in total. The van der Waals surface area contributed by atoms with Crippen LogP contribution in [0, 0.1) is 6.92 Å². The maximum atomic E-state index is 11.9. The SMILES string of the molecule is CC[C@H](C)Oc1ccc(NC(=O)C(C)(C)Br)cc1C. The van der Waals surface area contributed by atoms with Gasteiger partial charge in [0.15, 0.2) is 0 Å². The van der Waals surface area contributed by atoms with E-state index in [2.05, 4.69) is 28.2 Å². The average Bonchev–Trinajstić information content (AvgIpc) is 2.31. The molecule has 4 heteroatoms. The Balaban J connectivity index is 2.80. The second-order valence-corrected chi connectivity index (χ2v) is 7.23. The predicted molar refractivity (Wildman–Crippen MR) is 83.2 cm³/mol. The van der Waals surface area contributed by atoms with Crippen molar-refractivity contribution >= 4 is 27.5 Å². The number of carbonyl (C=O) groups excluding carboxylic acids is 1. The second kappa shape index (κ2) is 6.42. The molecule has 0 saturated carbocycles. The zero-order valence-corrected chi connectivity index (χ0v) is 13.8. The standard InChI is InChI=1S/C15H22BrNO2/c1-6-11(3)19-13-8-7-12(9-10(13)2)17-14(18)15(4,5)16/h7-9,11H,6H2,1-5H3,(H,17,18)/t11-/m0/s1. The third kappa shape index (κ3) is 4.86. The Morgan fingerprint density at radius 3 is 2.58 bits per heavy atom. The lowest BCUT2D eigenvalue weighted by molar-refractivity contribution is -0.117. The lowest BCUT2D eigenvalue weighted by Gasteiger charge is -2.18. The van der Waals surface area contributed by atoms with E-state index in [1.54, 1.807) is 0 Å². The Kier molecular flexibility index (Phi) is 5.41. The third-order valence-electron chi connectivity index (χ3n) is 2.88. The summed E-state index contributed by atoms with van der Waals surface area (Å²) in [6, 6.07) is 5.69. The van der Waals surface area contributed by atoms with Crippen molar-refractivity contribution in [1.82, 2.24) is 0 Å². The van der Waals surface area contributed by atoms with Crippen LogP contribution in [0.3, 0.4) is 0 Å². The van der Waals surface area contributed by atoms with Crippen LogP contribution >= 0.6 is 15.9 Å². The zero-order chi connectivity index (χ0) is 14.6. The zero-order valence-electron chi connectivity index (χ0n) is 12.2. The predicted octanol–water partition coefficient (Wildman–Crippen LogP) is 4.28. The molecule has 106 valence electrons. The fraction of sp³-hybridized carbons (Fsp3) is 0.533. The van der Waals surface area contributed by atoms with E-state index in [0.29, 0.717) is 0 Å². The molecule has 0 spiro atoms. The van der Waals surface area contributed by atoms with Crippen molar-refractivity contribution in [3.8, 4) is 5.75 Å². The van der Waals surface area contributed by atoms with Gasteiger partial charge in [-0.15, -0.1) is 0 Å². The highest BCUT2D eigenvalue weighted by Gasteiger charge is 2.23. The van der Waals surface area contributed by atoms with Crippen LogP contribution in [0.4, 0.5) is 5.69 Å². The van der Waals surface area contributed by atoms with Crippen molar-refractivity contribution in [2.24, 2.45) is 0 Å². The summed E-state index contributed by atoms with van der Waals surface area (Å²) >= 11 is 3.34. The van der Waals surface area contributed by atoms with Crippen molar-refractivity contribution in [1.29, 1.82) is 0 Å². The number of benzene rings is 1. The molecule has 0 saturated heterocycles. The maximum Gasteiger partial charge on any atom is 0.240 e. The summed E-state index contributed by atoms with van der Waals surface area (Å²) in [6.07, 6.45) is 1.16. The number of alkyl halides is 1. The number of anilines is 1. The number of rotatable bonds is 5. The van der Waals surface area contributed by atoms with Crippen LogP contribution in [0.1, 0.15) is 39.7 Å². The minimum atomic E-state index is -0.577. The molecule has 0 radical (unpaired) electrons. The Morgan fingerprint density at radius 1 is 1.47 bits per heavy atom. The molecule has 0 aliphatic rings. The van der Waals surface area contributed by atoms with Gasteiger partial charge in [0, 0.05) is 5.69 Å². The maximum absolute atomic E-state index is 11.9. The minimum Gasteiger partial charge on any atom is -0.490 e. The van der Waals surface area contributed by atoms with E-state index in [0.717, 1.165) is 23.4 Å². The number of ether oxygens (including phenoxy) is 1. The summed E-state index contributed by atoms with van der Waals surface area (Å²) in [5.41, 5.74) is 1.80. The lowest BCUT2D eigenvalue weighted by atomic mass is 10.1. The van der Waals surface area contributed by atoms with Crippen LogP contribution < -0.4 is 10.1 Å². The monoisotopic (exact) mass is 327 g/mol. The summed E-state index contributed by atoms with van der Waals surface area (Å²) in [4.78, 5) is 11.9. The largest absolute Gasteiger partial charge is 0.490 e. The van der Waals surface area contributed by atoms with Crippen molar-refractivity contribution in [2.75, 3.05) is 5.32 Å². The highest BCUT2D eigenvalue weighted by molar-refractivity contribution is 9.10. The average molecular weight is 328 g/mol. The Hall–Kier alpha value is -1.03. The summed E-state index contributed by atoms with van der Waals surface area (Å²) in [5, 5.41) is 2.88. The van der Waals surface area contributed by atoms with Gasteiger partial charge in [-0.1, -0.05) is 22.9 Å². The Labute approximate surface area is 123 Å². The molecular weight excluding hydrogens is 306 g/mol. The van der Waals surface area contributed by atoms with Gasteiger partial charge in [-0.05, 0) is 57.9 Å². The fourth-order valence-electron chi connectivity index (χ4n) is 1.44. The minimum absolute atomic E-state index is 0.0671. The summed E-state index contributed by atoms with van der Waals surface area (Å²) in [5.74, 6) is 0.799. The van der Waals surface area contributed by atoms with E-state index in [9.17, 15) is 4.79 Å². The number of aryl methyl sites for hydroxylation is 1. The summed E-state index contributed by atoms with van der Waals surface area (Å²) < 4.78 is 5.22. The van der Waals surface area contributed by atoms with Crippen LogP contribution in [0.15, 0.2) is 18.2 Å². The summed E-state index contributed by atoms with van der Waals surface area (Å²) in [7, 11) is 0. The smallest absolute Gasteiger partial charge is 0.240 e. The molecule has 1 aromatic carbocycles. The van der Waals surface area contributed by atoms with Crippen LogP contribution in [-0.2, 0) is 4.79 Å². The molecule has 0 aromatic heterocycles. The van der Waals surface area contributed by atoms with Gasteiger partial charge in [0.25, 0.3) is 0 Å². The molecule has 0 heterocycles. The van der Waals surface area contributed by atoms with Crippen LogP contribution in [0.5, 0.6) is 5.75 Å². The molecule has 0 aliphatic heterocycles. The molecule has 1 N–H and O–H groups in total. The van der Waals surface area contributed by atoms with Gasteiger partial charge < -0.3 is 10.1 Å². The first-order valence-electron chi connectivity index (χ1n) is 6.51. The number of hydrogen-bond donors (Lipinski definition) is 1. The number of halogens is 1. The Bertz CT molecular complexity index is 452. The second-order valence-electron chi connectivity index (χ2n) is 5.24. The number of carbonyl (C=O) groups is 1. The molecule has 0 unspecified atom stereocenters. The molecule has 1 amide bonds. The quantitative estimate of drug-likeness (QED) is 0.819. The number of hydrogen-bond acceptors (Lipinski definition) is 2. The van der Waals surface area contributed by atoms with Gasteiger partial charge >= 0.3 is 0 Å². The lowest BCUT2D eigenvalue weighted by Crippen LogP contribution is -2.30. The Morgan fingerprint density at radius 2 is 2.11 bits per heavy atom. The normalized spacial score (nSPS) is 12.9. The van der Waals surface area contributed by atoms with Crippen LogP contribution in [-0.4, -0.2) is 16.3 Å². The highest BCUT2D eigenvalue weighted by atomic mass is 79.9. The molecule has 0 aliphatic carbocycles. The van der Waals surface area contributed by atoms with Gasteiger partial charge in [0.1, 0.15) is 5.75 Å². The van der Waals surface area contributed by atoms with Gasteiger partial charge in [-0.2, -0.15) is 0 Å². The molecule has 1 rings (SSSR count). The van der Waals surface area contributed by atoms with E-state index >= 15 is 0 Å². The molecule has 0 bridgehead atoms. The molecule has 1 atom stereocenters. The molecule has 19 heavy (non-hydrogen) atoms. The van der Waals surface area contributed by atoms with Crippen molar-refractivity contribution < 1.29 is 9.53 Å². The number of nitrogens with one attached hydrogen (secondary N) is 1. The van der Waals surface area contributed by atoms with E-state index in [1.165, 1.54) is 0 Å². The van der Waals surface area contributed by atoms with E-state index in [4.69, 9.17) is 4.74 Å². The topological polar surface area (TPSA) is 38.3 Å². The van der Waals surface area contributed by atoms with E-state index in [-0.39, 0.29) is 12.0 Å². The summed E-state index contributed by atoms with van der Waals surface area (Å²) in [6.45, 7) is 9.74. The van der Waals surface area contributed by atoms with E-state index in [1.807, 2.05) is 45.9 Å². The fourth-order valence-corrected chi connectivity index (χ4v) is 1.54. The van der Waals surface area contributed by atoms with Crippen molar-refractivity contribution in [3.63, 3.8) is 0 Å². The van der Waals surface area contributed by atoms with Gasteiger partial charge in [-0.3, -0.25) is 4.79 Å². The van der Waals surface area contributed by atoms with Crippen LogP contribution in [0.2, 0.25) is 0 Å². The highest BCUT2D eigenvalue weighted by Crippen LogP contribution is 2.25. The van der Waals surface area contributed by atoms with Gasteiger partial charge in [-0.25, -0.2) is 0 Å². The van der Waals surface area contributed by atoms with Crippen molar-refractivity contribution in [2.45, 2.75) is 51.5 Å². The van der Waals surface area contributed by atoms with Gasteiger partial charge in [0.05, 0.1) is 10.4 Å². The van der Waals surface area contributed by atoms with E-state index < -0.39 is 4.32 Å². The third-order valence-corrected chi connectivity index (χ3v) is 3.24. The first-order valence-corrected chi connectivity index (χ1v) is 7.31. The van der Waals surface area contributed by atoms with Crippen LogP contribution in [0.25, 0.3) is 0 Å². The molecular formula is C15H22BrNO2. The number of amides is 1. The first kappa shape index (κ1) is 16.0. The van der Waals surface area contributed by atoms with Gasteiger partial charge in [0.2, 0.25) is 5.91 Å². The molecule has 1 aromatic rings. The first-order chi connectivity index (χ1) is 8.74. The van der Waals surface area contributed by atoms with Crippen molar-refractivity contribution in [3.05, 3.63) is 23.8 Å².